The average molecular weight is 349 g/mol. The molecule has 1 saturated heterocycles. The fourth-order valence-electron chi connectivity index (χ4n) is 2.75. The number of aliphatic carboxylic acids is 1. The standard InChI is InChI=1S/C17H20FN3O4/c1-11(2)14-19-16(20-25-14)21-9-7-17(8-10-21,15(22)23)24-13-5-3-12(18)4-6-13/h3-6,11H,7-10H2,1-2H3,(H,22,23). The number of ether oxygens (including phenoxy) is 1. The van der Waals surface area contributed by atoms with E-state index in [0.29, 0.717) is 30.7 Å². The number of piperidine rings is 1. The van der Waals surface area contributed by atoms with Gasteiger partial charge in [0.15, 0.2) is 0 Å². The molecule has 7 nitrogen and oxygen atoms in total. The predicted octanol–water partition coefficient (Wildman–Crippen LogP) is 2.83. The molecule has 0 unspecified atom stereocenters. The molecule has 1 N–H and O–H groups in total. The summed E-state index contributed by atoms with van der Waals surface area (Å²) in [6, 6.07) is 5.35. The van der Waals surface area contributed by atoms with Crippen molar-refractivity contribution in [2.24, 2.45) is 0 Å². The van der Waals surface area contributed by atoms with Gasteiger partial charge in [0.2, 0.25) is 11.5 Å². The van der Waals surface area contributed by atoms with Crippen LogP contribution in [0.5, 0.6) is 5.75 Å². The van der Waals surface area contributed by atoms with Gasteiger partial charge in [0.25, 0.3) is 5.95 Å². The van der Waals surface area contributed by atoms with Crippen LogP contribution in [0.15, 0.2) is 28.8 Å². The molecule has 1 aliphatic rings. The number of carboxylic acid groups (broad SMARTS) is 1. The Morgan fingerprint density at radius 1 is 1.32 bits per heavy atom. The maximum absolute atomic E-state index is 13.0. The number of carboxylic acids is 1. The van der Waals surface area contributed by atoms with Crippen LogP contribution in [0.3, 0.4) is 0 Å². The first-order valence-electron chi connectivity index (χ1n) is 8.16. The summed E-state index contributed by atoms with van der Waals surface area (Å²) in [5.74, 6) is 0.0408. The molecule has 134 valence electrons. The topological polar surface area (TPSA) is 88.7 Å². The van der Waals surface area contributed by atoms with Crippen LogP contribution in [0.2, 0.25) is 0 Å². The number of benzene rings is 1. The van der Waals surface area contributed by atoms with Crippen LogP contribution < -0.4 is 9.64 Å². The molecular formula is C17H20FN3O4. The molecule has 3 rings (SSSR count). The number of anilines is 1. The third kappa shape index (κ3) is 3.57. The summed E-state index contributed by atoms with van der Waals surface area (Å²) < 4.78 is 23.9. The molecule has 0 saturated carbocycles. The molecule has 0 bridgehead atoms. The molecular weight excluding hydrogens is 329 g/mol. The first-order chi connectivity index (χ1) is 11.9. The smallest absolute Gasteiger partial charge is 0.348 e. The lowest BCUT2D eigenvalue weighted by atomic mass is 9.91. The number of rotatable bonds is 5. The lowest BCUT2D eigenvalue weighted by Gasteiger charge is -2.38. The minimum Gasteiger partial charge on any atom is -0.478 e. The molecule has 2 aromatic rings. The molecule has 0 radical (unpaired) electrons. The van der Waals surface area contributed by atoms with Gasteiger partial charge in [-0.15, -0.1) is 0 Å². The second-order valence-electron chi connectivity index (χ2n) is 6.43. The van der Waals surface area contributed by atoms with E-state index in [-0.39, 0.29) is 18.8 Å². The van der Waals surface area contributed by atoms with Gasteiger partial charge in [0.1, 0.15) is 11.6 Å². The largest absolute Gasteiger partial charge is 0.478 e. The zero-order chi connectivity index (χ0) is 18.0. The van der Waals surface area contributed by atoms with E-state index >= 15 is 0 Å². The van der Waals surface area contributed by atoms with Crippen molar-refractivity contribution in [2.75, 3.05) is 18.0 Å². The Labute approximate surface area is 144 Å². The van der Waals surface area contributed by atoms with Gasteiger partial charge in [-0.25, -0.2) is 9.18 Å². The van der Waals surface area contributed by atoms with Crippen LogP contribution in [-0.2, 0) is 4.79 Å². The Balaban J connectivity index is 1.71. The van der Waals surface area contributed by atoms with E-state index < -0.39 is 17.4 Å². The number of hydrogen-bond acceptors (Lipinski definition) is 6. The molecule has 0 aliphatic carbocycles. The average Bonchev–Trinajstić information content (AvgIpc) is 3.08. The number of carbonyl (C=O) groups is 1. The van der Waals surface area contributed by atoms with Gasteiger partial charge in [0.05, 0.1) is 0 Å². The van der Waals surface area contributed by atoms with Crippen molar-refractivity contribution in [2.45, 2.75) is 38.2 Å². The Morgan fingerprint density at radius 3 is 2.48 bits per heavy atom. The van der Waals surface area contributed by atoms with E-state index in [1.165, 1.54) is 24.3 Å². The SMILES string of the molecule is CC(C)c1nc(N2CCC(Oc3ccc(F)cc3)(C(=O)O)CC2)no1. The molecule has 1 aliphatic heterocycles. The monoisotopic (exact) mass is 349 g/mol. The molecule has 0 atom stereocenters. The Bertz CT molecular complexity index is 737. The van der Waals surface area contributed by atoms with Crippen molar-refractivity contribution in [3.05, 3.63) is 36.0 Å². The molecule has 1 fully saturated rings. The highest BCUT2D eigenvalue weighted by Crippen LogP contribution is 2.31. The Hall–Kier alpha value is -2.64. The van der Waals surface area contributed by atoms with E-state index in [9.17, 15) is 14.3 Å². The molecule has 0 amide bonds. The number of halogens is 1. The second-order valence-corrected chi connectivity index (χ2v) is 6.43. The van der Waals surface area contributed by atoms with Crippen molar-refractivity contribution in [1.82, 2.24) is 10.1 Å². The number of aromatic nitrogens is 2. The normalized spacial score (nSPS) is 16.9. The Morgan fingerprint density at radius 2 is 1.96 bits per heavy atom. The van der Waals surface area contributed by atoms with Crippen LogP contribution in [0, 0.1) is 5.82 Å². The van der Waals surface area contributed by atoms with Crippen LogP contribution in [0.25, 0.3) is 0 Å². The van der Waals surface area contributed by atoms with Gasteiger partial charge in [0, 0.05) is 31.8 Å². The first kappa shape index (κ1) is 17.2. The van der Waals surface area contributed by atoms with Gasteiger partial charge in [-0.2, -0.15) is 4.98 Å². The summed E-state index contributed by atoms with van der Waals surface area (Å²) in [6.07, 6.45) is 0.510. The molecule has 8 heteroatoms. The van der Waals surface area contributed by atoms with Crippen molar-refractivity contribution in [3.63, 3.8) is 0 Å². The zero-order valence-corrected chi connectivity index (χ0v) is 14.1. The fraction of sp³-hybridized carbons (Fsp3) is 0.471. The van der Waals surface area contributed by atoms with Crippen LogP contribution >= 0.6 is 0 Å². The highest BCUT2D eigenvalue weighted by Gasteiger charge is 2.44. The van der Waals surface area contributed by atoms with E-state index in [1.54, 1.807) is 0 Å². The van der Waals surface area contributed by atoms with Crippen molar-refractivity contribution in [3.8, 4) is 5.75 Å². The Kier molecular flexibility index (Phi) is 4.61. The quantitative estimate of drug-likeness (QED) is 0.888. The lowest BCUT2D eigenvalue weighted by Crippen LogP contribution is -2.53. The van der Waals surface area contributed by atoms with Crippen molar-refractivity contribution >= 4 is 11.9 Å². The van der Waals surface area contributed by atoms with Gasteiger partial charge in [-0.3, -0.25) is 0 Å². The maximum atomic E-state index is 13.0. The molecule has 0 spiro atoms. The minimum atomic E-state index is -1.35. The molecule has 25 heavy (non-hydrogen) atoms. The van der Waals surface area contributed by atoms with E-state index in [0.717, 1.165) is 0 Å². The second kappa shape index (κ2) is 6.70. The fourth-order valence-corrected chi connectivity index (χ4v) is 2.75. The molecule has 1 aromatic heterocycles. The maximum Gasteiger partial charge on any atom is 0.348 e. The van der Waals surface area contributed by atoms with E-state index in [2.05, 4.69) is 10.1 Å². The highest BCUT2D eigenvalue weighted by molar-refractivity contribution is 5.78. The van der Waals surface area contributed by atoms with Crippen LogP contribution in [-0.4, -0.2) is 39.9 Å². The first-order valence-corrected chi connectivity index (χ1v) is 8.16. The minimum absolute atomic E-state index is 0.131. The van der Waals surface area contributed by atoms with Gasteiger partial charge >= 0.3 is 5.97 Å². The summed E-state index contributed by atoms with van der Waals surface area (Å²) in [7, 11) is 0. The van der Waals surface area contributed by atoms with Gasteiger partial charge in [-0.05, 0) is 29.4 Å². The predicted molar refractivity (Wildman–Crippen MR) is 87.2 cm³/mol. The van der Waals surface area contributed by atoms with Gasteiger partial charge in [-0.1, -0.05) is 13.8 Å². The summed E-state index contributed by atoms with van der Waals surface area (Å²) in [4.78, 5) is 18.0. The van der Waals surface area contributed by atoms with E-state index in [1.807, 2.05) is 18.7 Å². The third-order valence-electron chi connectivity index (χ3n) is 4.30. The van der Waals surface area contributed by atoms with E-state index in [4.69, 9.17) is 9.26 Å². The highest BCUT2D eigenvalue weighted by atomic mass is 19.1. The lowest BCUT2D eigenvalue weighted by molar-refractivity contribution is -0.157. The summed E-state index contributed by atoms with van der Waals surface area (Å²) in [6.45, 7) is 4.76. The number of nitrogens with zero attached hydrogens (tertiary/aromatic N) is 3. The number of hydrogen-bond donors (Lipinski definition) is 1. The molecule has 1 aromatic carbocycles. The zero-order valence-electron chi connectivity index (χ0n) is 14.1. The van der Waals surface area contributed by atoms with Crippen molar-refractivity contribution in [1.29, 1.82) is 0 Å². The summed E-state index contributed by atoms with van der Waals surface area (Å²) in [5, 5.41) is 13.6. The van der Waals surface area contributed by atoms with Crippen LogP contribution in [0.1, 0.15) is 38.5 Å². The third-order valence-corrected chi connectivity index (χ3v) is 4.30. The van der Waals surface area contributed by atoms with Gasteiger partial charge < -0.3 is 19.3 Å². The summed E-state index contributed by atoms with van der Waals surface area (Å²) in [5.41, 5.74) is -1.35. The van der Waals surface area contributed by atoms with Crippen LogP contribution in [0.4, 0.5) is 10.3 Å². The molecule has 2 heterocycles. The summed E-state index contributed by atoms with van der Waals surface area (Å²) >= 11 is 0. The van der Waals surface area contributed by atoms with Crippen molar-refractivity contribution < 1.29 is 23.6 Å².